The summed E-state index contributed by atoms with van der Waals surface area (Å²) in [5.41, 5.74) is 1.15. The first-order valence-corrected chi connectivity index (χ1v) is 9.13. The van der Waals surface area contributed by atoms with Gasteiger partial charge in [-0.3, -0.25) is 14.5 Å². The van der Waals surface area contributed by atoms with Crippen LogP contribution in [0, 0.1) is 13.8 Å². The van der Waals surface area contributed by atoms with Crippen molar-refractivity contribution in [1.82, 2.24) is 29.9 Å². The Morgan fingerprint density at radius 1 is 1.19 bits per heavy atom. The Labute approximate surface area is 159 Å². The van der Waals surface area contributed by atoms with Crippen molar-refractivity contribution in [3.63, 3.8) is 0 Å². The zero-order chi connectivity index (χ0) is 19.4. The van der Waals surface area contributed by atoms with Gasteiger partial charge in [-0.1, -0.05) is 30.3 Å². The van der Waals surface area contributed by atoms with Crippen molar-refractivity contribution < 1.29 is 9.59 Å². The number of aromatic nitrogens is 3. The monoisotopic (exact) mass is 370 g/mol. The fourth-order valence-electron chi connectivity index (χ4n) is 3.41. The number of aryl methyl sites for hydroxylation is 2. The molecule has 8 nitrogen and oxygen atoms in total. The normalized spacial score (nSPS) is 17.7. The van der Waals surface area contributed by atoms with E-state index in [1.54, 1.807) is 23.6 Å². The highest BCUT2D eigenvalue weighted by atomic mass is 16.2. The lowest BCUT2D eigenvalue weighted by molar-refractivity contribution is -0.139. The first kappa shape index (κ1) is 19.0. The van der Waals surface area contributed by atoms with E-state index in [0.717, 1.165) is 5.56 Å². The molecule has 27 heavy (non-hydrogen) atoms. The maximum absolute atomic E-state index is 12.7. The molecule has 1 N–H and O–H groups in total. The molecule has 144 valence electrons. The highest BCUT2D eigenvalue weighted by molar-refractivity contribution is 5.83. The summed E-state index contributed by atoms with van der Waals surface area (Å²) in [4.78, 5) is 33.3. The molecule has 2 aromatic rings. The minimum atomic E-state index is -0.369. The maximum Gasteiger partial charge on any atom is 0.244 e. The van der Waals surface area contributed by atoms with E-state index in [-0.39, 0.29) is 24.4 Å². The summed E-state index contributed by atoms with van der Waals surface area (Å²) in [5, 5.41) is 6.98. The van der Waals surface area contributed by atoms with Crippen LogP contribution in [-0.4, -0.2) is 69.1 Å². The molecule has 1 aromatic carbocycles. The van der Waals surface area contributed by atoms with Gasteiger partial charge in [-0.15, -0.1) is 0 Å². The van der Waals surface area contributed by atoms with Crippen LogP contribution in [0.3, 0.4) is 0 Å². The Kier molecular flexibility index (Phi) is 5.85. The maximum atomic E-state index is 12.7. The molecule has 1 aliphatic heterocycles. The quantitative estimate of drug-likeness (QED) is 0.821. The predicted octanol–water partition coefficient (Wildman–Crippen LogP) is 0.354. The SMILES string of the molecule is CNC(=O)C1CN(C(=O)Cn2nc(C)nc2C)CCN1Cc1ccccc1. The first-order chi connectivity index (χ1) is 13.0. The van der Waals surface area contributed by atoms with E-state index in [4.69, 9.17) is 0 Å². The number of carbonyl (C=O) groups is 2. The molecule has 0 spiro atoms. The lowest BCUT2D eigenvalue weighted by atomic mass is 10.1. The lowest BCUT2D eigenvalue weighted by Gasteiger charge is -2.40. The average molecular weight is 370 g/mol. The third kappa shape index (κ3) is 4.51. The number of rotatable bonds is 5. The van der Waals surface area contributed by atoms with Crippen LogP contribution in [0.1, 0.15) is 17.2 Å². The smallest absolute Gasteiger partial charge is 0.244 e. The molecular formula is C19H26N6O2. The van der Waals surface area contributed by atoms with E-state index in [2.05, 4.69) is 20.3 Å². The van der Waals surface area contributed by atoms with Crippen molar-refractivity contribution in [3.05, 3.63) is 47.5 Å². The van der Waals surface area contributed by atoms with E-state index in [0.29, 0.717) is 37.8 Å². The fourth-order valence-corrected chi connectivity index (χ4v) is 3.41. The molecule has 0 aliphatic carbocycles. The van der Waals surface area contributed by atoms with Crippen molar-refractivity contribution in [2.24, 2.45) is 0 Å². The second kappa shape index (κ2) is 8.30. The van der Waals surface area contributed by atoms with E-state index in [9.17, 15) is 9.59 Å². The predicted molar refractivity (Wildman–Crippen MR) is 101 cm³/mol. The Balaban J connectivity index is 1.69. The number of benzene rings is 1. The number of carbonyl (C=O) groups excluding carboxylic acids is 2. The molecule has 1 aromatic heterocycles. The van der Waals surface area contributed by atoms with Crippen LogP contribution < -0.4 is 5.32 Å². The number of amides is 2. The van der Waals surface area contributed by atoms with Gasteiger partial charge in [-0.05, 0) is 19.4 Å². The van der Waals surface area contributed by atoms with Gasteiger partial charge in [-0.25, -0.2) is 9.67 Å². The largest absolute Gasteiger partial charge is 0.358 e. The number of piperazine rings is 1. The summed E-state index contributed by atoms with van der Waals surface area (Å²) in [5.74, 6) is 1.25. The third-order valence-corrected chi connectivity index (χ3v) is 4.87. The summed E-state index contributed by atoms with van der Waals surface area (Å²) < 4.78 is 1.61. The summed E-state index contributed by atoms with van der Waals surface area (Å²) in [7, 11) is 1.63. The summed E-state index contributed by atoms with van der Waals surface area (Å²) in [6.07, 6.45) is 0. The minimum absolute atomic E-state index is 0.0451. The number of likely N-dealkylation sites (N-methyl/N-ethyl adjacent to an activating group) is 1. The number of nitrogens with zero attached hydrogens (tertiary/aromatic N) is 5. The van der Waals surface area contributed by atoms with Crippen LogP contribution >= 0.6 is 0 Å². The zero-order valence-corrected chi connectivity index (χ0v) is 16.1. The molecule has 3 rings (SSSR count). The van der Waals surface area contributed by atoms with Crippen LogP contribution in [0.2, 0.25) is 0 Å². The number of nitrogens with one attached hydrogen (secondary N) is 1. The Morgan fingerprint density at radius 2 is 1.93 bits per heavy atom. The minimum Gasteiger partial charge on any atom is -0.358 e. The van der Waals surface area contributed by atoms with Gasteiger partial charge in [0, 0.05) is 33.2 Å². The van der Waals surface area contributed by atoms with E-state index >= 15 is 0 Å². The third-order valence-electron chi connectivity index (χ3n) is 4.87. The van der Waals surface area contributed by atoms with Crippen molar-refractivity contribution in [2.45, 2.75) is 33.0 Å². The van der Waals surface area contributed by atoms with E-state index in [1.165, 1.54) is 0 Å². The van der Waals surface area contributed by atoms with Crippen molar-refractivity contribution in [2.75, 3.05) is 26.7 Å². The van der Waals surface area contributed by atoms with E-state index < -0.39 is 0 Å². The van der Waals surface area contributed by atoms with Gasteiger partial charge in [0.25, 0.3) is 0 Å². The Morgan fingerprint density at radius 3 is 2.56 bits per heavy atom. The van der Waals surface area contributed by atoms with E-state index in [1.807, 2.05) is 37.3 Å². The summed E-state index contributed by atoms with van der Waals surface area (Å²) in [6, 6.07) is 9.69. The molecule has 1 atom stereocenters. The van der Waals surface area contributed by atoms with Crippen molar-refractivity contribution in [1.29, 1.82) is 0 Å². The first-order valence-electron chi connectivity index (χ1n) is 9.13. The van der Waals surface area contributed by atoms with Crippen LogP contribution in [0.15, 0.2) is 30.3 Å². The molecule has 1 fully saturated rings. The molecular weight excluding hydrogens is 344 g/mol. The van der Waals surface area contributed by atoms with Crippen molar-refractivity contribution >= 4 is 11.8 Å². The van der Waals surface area contributed by atoms with Gasteiger partial charge < -0.3 is 10.2 Å². The van der Waals surface area contributed by atoms with Crippen LogP contribution in [0.4, 0.5) is 0 Å². The second-order valence-corrected chi connectivity index (χ2v) is 6.79. The van der Waals surface area contributed by atoms with Gasteiger partial charge in [0.05, 0.1) is 0 Å². The van der Waals surface area contributed by atoms with Gasteiger partial charge >= 0.3 is 0 Å². The number of hydrogen-bond donors (Lipinski definition) is 1. The summed E-state index contributed by atoms with van der Waals surface area (Å²) in [6.45, 7) is 6.07. The van der Waals surface area contributed by atoms with Crippen LogP contribution in [0.25, 0.3) is 0 Å². The fraction of sp³-hybridized carbons (Fsp3) is 0.474. The highest BCUT2D eigenvalue weighted by Gasteiger charge is 2.34. The topological polar surface area (TPSA) is 83.4 Å². The number of hydrogen-bond acceptors (Lipinski definition) is 5. The van der Waals surface area contributed by atoms with Crippen LogP contribution in [-0.2, 0) is 22.7 Å². The Bertz CT molecular complexity index is 804. The van der Waals surface area contributed by atoms with Crippen LogP contribution in [0.5, 0.6) is 0 Å². The molecule has 1 unspecified atom stereocenters. The molecule has 0 bridgehead atoms. The highest BCUT2D eigenvalue weighted by Crippen LogP contribution is 2.15. The molecule has 2 heterocycles. The van der Waals surface area contributed by atoms with Gasteiger partial charge in [0.1, 0.15) is 24.2 Å². The molecule has 1 aliphatic rings. The standard InChI is InChI=1S/C19H26N6O2/c1-14-21-15(2)25(22-14)13-18(26)24-10-9-23(17(12-24)19(27)20-3)11-16-7-5-4-6-8-16/h4-8,17H,9-13H2,1-3H3,(H,20,27). The molecule has 0 saturated carbocycles. The lowest BCUT2D eigenvalue weighted by Crippen LogP contribution is -2.59. The van der Waals surface area contributed by atoms with Gasteiger partial charge in [0.15, 0.2) is 0 Å². The zero-order valence-electron chi connectivity index (χ0n) is 16.1. The molecule has 0 radical (unpaired) electrons. The second-order valence-electron chi connectivity index (χ2n) is 6.79. The van der Waals surface area contributed by atoms with Gasteiger partial charge in [-0.2, -0.15) is 5.10 Å². The Hall–Kier alpha value is -2.74. The molecule has 2 amide bonds. The summed E-state index contributed by atoms with van der Waals surface area (Å²) >= 11 is 0. The average Bonchev–Trinajstić information content (AvgIpc) is 2.99. The van der Waals surface area contributed by atoms with Gasteiger partial charge in [0.2, 0.25) is 11.8 Å². The molecule has 1 saturated heterocycles. The molecule has 8 heteroatoms. The van der Waals surface area contributed by atoms with Crippen molar-refractivity contribution in [3.8, 4) is 0 Å².